The van der Waals surface area contributed by atoms with Crippen LogP contribution in [0.4, 0.5) is 16.2 Å². The lowest BCUT2D eigenvalue weighted by Gasteiger charge is -2.32. The van der Waals surface area contributed by atoms with Crippen LogP contribution in [0.25, 0.3) is 0 Å². The summed E-state index contributed by atoms with van der Waals surface area (Å²) in [4.78, 5) is 36.0. The van der Waals surface area contributed by atoms with Gasteiger partial charge in [-0.1, -0.05) is 44.2 Å². The van der Waals surface area contributed by atoms with E-state index < -0.39 is 23.4 Å². The number of carboxylic acid groups (broad SMARTS) is 1. The van der Waals surface area contributed by atoms with Crippen LogP contribution in [0.5, 0.6) is 0 Å². The molecule has 4 N–H and O–H groups in total. The third-order valence-corrected chi connectivity index (χ3v) is 4.50. The van der Waals surface area contributed by atoms with Crippen LogP contribution >= 0.6 is 0 Å². The molecule has 154 valence electrons. The molecule has 2 rings (SSSR count). The highest BCUT2D eigenvalue weighted by Gasteiger charge is 2.41. The number of aryl methyl sites for hydroxylation is 1. The van der Waals surface area contributed by atoms with Gasteiger partial charge in [0.25, 0.3) is 0 Å². The summed E-state index contributed by atoms with van der Waals surface area (Å²) < 4.78 is 0. The van der Waals surface area contributed by atoms with Gasteiger partial charge in [-0.3, -0.25) is 4.79 Å². The number of carbonyl (C=O) groups is 3. The van der Waals surface area contributed by atoms with Crippen molar-refractivity contribution in [3.63, 3.8) is 0 Å². The molecule has 0 aliphatic rings. The van der Waals surface area contributed by atoms with Gasteiger partial charge in [0.1, 0.15) is 0 Å². The third-order valence-electron chi connectivity index (χ3n) is 4.50. The van der Waals surface area contributed by atoms with E-state index in [0.717, 1.165) is 5.56 Å². The minimum Gasteiger partial charge on any atom is -0.479 e. The van der Waals surface area contributed by atoms with E-state index in [1.54, 1.807) is 30.3 Å². The van der Waals surface area contributed by atoms with Crippen molar-refractivity contribution < 1.29 is 19.5 Å². The van der Waals surface area contributed by atoms with Gasteiger partial charge < -0.3 is 21.1 Å². The molecule has 0 spiro atoms. The highest BCUT2D eigenvalue weighted by molar-refractivity contribution is 6.00. The minimum atomic E-state index is -1.53. The Morgan fingerprint density at radius 1 is 1.00 bits per heavy atom. The molecule has 7 nitrogen and oxygen atoms in total. The number of para-hydroxylation sites is 1. The van der Waals surface area contributed by atoms with Crippen molar-refractivity contribution in [2.45, 2.75) is 39.7 Å². The molecule has 0 aromatic heterocycles. The Morgan fingerprint density at radius 2 is 1.62 bits per heavy atom. The molecule has 0 saturated heterocycles. The number of aliphatic carboxylic acids is 1. The van der Waals surface area contributed by atoms with Gasteiger partial charge in [0.05, 0.1) is 0 Å². The van der Waals surface area contributed by atoms with Crippen LogP contribution in [0, 0.1) is 12.8 Å². The van der Waals surface area contributed by atoms with E-state index in [0.29, 0.717) is 16.9 Å². The molecule has 7 heteroatoms. The second-order valence-corrected chi connectivity index (χ2v) is 7.46. The molecule has 0 saturated carbocycles. The Hall–Kier alpha value is -3.35. The summed E-state index contributed by atoms with van der Waals surface area (Å²) in [6, 6.07) is 13.5. The number of anilines is 2. The SMILES string of the molecule is CC(=O)N[C@@](CC(C)C)(C(=O)O)c1ccc(NC(=O)Nc2ccccc2C)cc1. The van der Waals surface area contributed by atoms with Gasteiger partial charge >= 0.3 is 12.0 Å². The summed E-state index contributed by atoms with van der Waals surface area (Å²) in [5.41, 5.74) is 1.06. The van der Waals surface area contributed by atoms with Gasteiger partial charge in [-0.15, -0.1) is 0 Å². The van der Waals surface area contributed by atoms with Crippen LogP contribution in [0.2, 0.25) is 0 Å². The van der Waals surface area contributed by atoms with Crippen molar-refractivity contribution in [2.75, 3.05) is 10.6 Å². The quantitative estimate of drug-likeness (QED) is 0.564. The largest absolute Gasteiger partial charge is 0.479 e. The number of nitrogens with one attached hydrogen (secondary N) is 3. The summed E-state index contributed by atoms with van der Waals surface area (Å²) in [7, 11) is 0. The van der Waals surface area contributed by atoms with Crippen LogP contribution in [0.3, 0.4) is 0 Å². The number of carbonyl (C=O) groups excluding carboxylic acids is 2. The van der Waals surface area contributed by atoms with E-state index in [-0.39, 0.29) is 12.3 Å². The van der Waals surface area contributed by atoms with Gasteiger partial charge in [-0.05, 0) is 48.6 Å². The lowest BCUT2D eigenvalue weighted by Crippen LogP contribution is -2.52. The van der Waals surface area contributed by atoms with Crippen LogP contribution in [-0.2, 0) is 15.1 Å². The fourth-order valence-corrected chi connectivity index (χ4v) is 3.25. The van der Waals surface area contributed by atoms with E-state index in [4.69, 9.17) is 0 Å². The molecule has 3 amide bonds. The summed E-state index contributed by atoms with van der Waals surface area (Å²) in [5, 5.41) is 18.0. The topological polar surface area (TPSA) is 108 Å². The summed E-state index contributed by atoms with van der Waals surface area (Å²) in [5.74, 6) is -1.51. The average Bonchev–Trinajstić information content (AvgIpc) is 2.62. The average molecular weight is 397 g/mol. The van der Waals surface area contributed by atoms with E-state index in [9.17, 15) is 19.5 Å². The predicted molar refractivity (Wildman–Crippen MR) is 113 cm³/mol. The van der Waals surface area contributed by atoms with Crippen LogP contribution in [0.15, 0.2) is 48.5 Å². The Bertz CT molecular complexity index is 893. The number of amides is 3. The van der Waals surface area contributed by atoms with E-state index in [1.807, 2.05) is 39.0 Å². The van der Waals surface area contributed by atoms with Crippen molar-refractivity contribution in [3.8, 4) is 0 Å². The fraction of sp³-hybridized carbons (Fsp3) is 0.318. The number of rotatable bonds is 7. The van der Waals surface area contributed by atoms with Gasteiger partial charge in [-0.2, -0.15) is 0 Å². The first kappa shape index (κ1) is 21.9. The summed E-state index contributed by atoms with van der Waals surface area (Å²) in [6.07, 6.45) is 0.239. The lowest BCUT2D eigenvalue weighted by atomic mass is 9.82. The zero-order chi connectivity index (χ0) is 21.6. The molecule has 2 aromatic rings. The third kappa shape index (κ3) is 5.57. The smallest absolute Gasteiger partial charge is 0.334 e. The van der Waals surface area contributed by atoms with Crippen molar-refractivity contribution in [2.24, 2.45) is 5.92 Å². The number of carboxylic acids is 1. The highest BCUT2D eigenvalue weighted by Crippen LogP contribution is 2.30. The van der Waals surface area contributed by atoms with Crippen molar-refractivity contribution in [3.05, 3.63) is 59.7 Å². The van der Waals surface area contributed by atoms with Gasteiger partial charge in [-0.25, -0.2) is 9.59 Å². The molecule has 0 fully saturated rings. The molecule has 2 aromatic carbocycles. The normalized spacial score (nSPS) is 12.7. The zero-order valence-electron chi connectivity index (χ0n) is 17.1. The highest BCUT2D eigenvalue weighted by atomic mass is 16.4. The van der Waals surface area contributed by atoms with Crippen molar-refractivity contribution >= 4 is 29.3 Å². The molecule has 1 atom stereocenters. The molecule has 0 aliphatic heterocycles. The first-order valence-electron chi connectivity index (χ1n) is 9.40. The van der Waals surface area contributed by atoms with Crippen molar-refractivity contribution in [1.82, 2.24) is 5.32 Å². The maximum absolute atomic E-state index is 12.2. The molecule has 0 unspecified atom stereocenters. The Kier molecular flexibility index (Phi) is 6.98. The van der Waals surface area contributed by atoms with Crippen molar-refractivity contribution in [1.29, 1.82) is 0 Å². The zero-order valence-corrected chi connectivity index (χ0v) is 17.1. The van der Waals surface area contributed by atoms with Crippen LogP contribution in [-0.4, -0.2) is 23.0 Å². The molecule has 0 heterocycles. The van der Waals surface area contributed by atoms with E-state index in [1.165, 1.54) is 6.92 Å². The molecular weight excluding hydrogens is 370 g/mol. The van der Waals surface area contributed by atoms with E-state index >= 15 is 0 Å². The molecule has 29 heavy (non-hydrogen) atoms. The number of hydrogen-bond acceptors (Lipinski definition) is 3. The Balaban J connectivity index is 2.22. The minimum absolute atomic E-state index is 0.0376. The molecule has 0 aliphatic carbocycles. The number of benzene rings is 2. The summed E-state index contributed by atoms with van der Waals surface area (Å²) >= 11 is 0. The fourth-order valence-electron chi connectivity index (χ4n) is 3.25. The monoisotopic (exact) mass is 397 g/mol. The van der Waals surface area contributed by atoms with Crippen LogP contribution in [0.1, 0.15) is 38.3 Å². The molecule has 0 radical (unpaired) electrons. The maximum Gasteiger partial charge on any atom is 0.334 e. The first-order valence-corrected chi connectivity index (χ1v) is 9.40. The van der Waals surface area contributed by atoms with Crippen LogP contribution < -0.4 is 16.0 Å². The molecular formula is C22H27N3O4. The van der Waals surface area contributed by atoms with Gasteiger partial charge in [0, 0.05) is 18.3 Å². The standard InChI is InChI=1S/C22H27N3O4/c1-14(2)13-22(20(27)28,25-16(4)26)17-9-11-18(12-10-17)23-21(29)24-19-8-6-5-7-15(19)3/h5-12,14H,13H2,1-4H3,(H,25,26)(H,27,28)(H2,23,24,29)/t22-/m1/s1. The summed E-state index contributed by atoms with van der Waals surface area (Å²) in [6.45, 7) is 6.98. The Labute approximate surface area is 170 Å². The maximum atomic E-state index is 12.2. The second kappa shape index (κ2) is 9.23. The Morgan fingerprint density at radius 3 is 2.14 bits per heavy atom. The lowest BCUT2D eigenvalue weighted by molar-refractivity contribution is -0.148. The first-order chi connectivity index (χ1) is 13.6. The van der Waals surface area contributed by atoms with E-state index in [2.05, 4.69) is 16.0 Å². The number of hydrogen-bond donors (Lipinski definition) is 4. The second-order valence-electron chi connectivity index (χ2n) is 7.46. The van der Waals surface area contributed by atoms with Gasteiger partial charge in [0.2, 0.25) is 5.91 Å². The number of urea groups is 1. The van der Waals surface area contributed by atoms with Gasteiger partial charge in [0.15, 0.2) is 5.54 Å². The predicted octanol–water partition coefficient (Wildman–Crippen LogP) is 4.10. The molecule has 0 bridgehead atoms.